The van der Waals surface area contributed by atoms with Crippen LogP contribution in [0.15, 0.2) is 18.2 Å². The third-order valence-corrected chi connectivity index (χ3v) is 3.10. The number of aryl methyl sites for hydroxylation is 1. The number of benzene rings is 1. The second kappa shape index (κ2) is 4.38. The third-order valence-electron chi connectivity index (χ3n) is 3.10. The van der Waals surface area contributed by atoms with Gasteiger partial charge in [-0.15, -0.1) is 0 Å². The fourth-order valence-electron chi connectivity index (χ4n) is 2.38. The Bertz CT molecular complexity index is 460. The first-order valence-electron chi connectivity index (χ1n) is 5.92. The van der Waals surface area contributed by atoms with E-state index >= 15 is 0 Å². The molecule has 3 nitrogen and oxygen atoms in total. The van der Waals surface area contributed by atoms with Crippen LogP contribution in [0, 0.1) is 18.3 Å². The summed E-state index contributed by atoms with van der Waals surface area (Å²) < 4.78 is 5.71. The van der Waals surface area contributed by atoms with Crippen LogP contribution < -0.4 is 4.90 Å². The molecule has 1 aromatic carbocycles. The van der Waals surface area contributed by atoms with Crippen LogP contribution >= 0.6 is 0 Å². The van der Waals surface area contributed by atoms with Crippen molar-refractivity contribution in [1.29, 1.82) is 5.26 Å². The van der Waals surface area contributed by atoms with E-state index in [4.69, 9.17) is 4.74 Å². The average Bonchev–Trinajstić information content (AvgIpc) is 2.27. The van der Waals surface area contributed by atoms with Crippen molar-refractivity contribution in [2.75, 3.05) is 24.6 Å². The Morgan fingerprint density at radius 3 is 2.82 bits per heavy atom. The van der Waals surface area contributed by atoms with Gasteiger partial charge in [0.15, 0.2) is 0 Å². The van der Waals surface area contributed by atoms with Crippen LogP contribution in [0.3, 0.4) is 0 Å². The molecule has 17 heavy (non-hydrogen) atoms. The van der Waals surface area contributed by atoms with E-state index in [1.807, 2.05) is 12.1 Å². The summed E-state index contributed by atoms with van der Waals surface area (Å²) in [6.07, 6.45) is 0. The monoisotopic (exact) mass is 230 g/mol. The number of rotatable bonds is 1. The molecule has 1 fully saturated rings. The second-order valence-corrected chi connectivity index (χ2v) is 5.11. The minimum Gasteiger partial charge on any atom is -0.372 e. The maximum absolute atomic E-state index is 9.20. The van der Waals surface area contributed by atoms with Crippen molar-refractivity contribution in [2.24, 2.45) is 0 Å². The molecule has 0 aliphatic carbocycles. The molecule has 0 atom stereocenters. The average molecular weight is 230 g/mol. The molecular weight excluding hydrogens is 212 g/mol. The summed E-state index contributed by atoms with van der Waals surface area (Å²) in [5, 5.41) is 9.20. The van der Waals surface area contributed by atoms with Crippen molar-refractivity contribution in [3.8, 4) is 6.07 Å². The molecule has 0 bridgehead atoms. The molecule has 0 amide bonds. The lowest BCUT2D eigenvalue weighted by molar-refractivity contribution is -0.0277. The van der Waals surface area contributed by atoms with Gasteiger partial charge in [0, 0.05) is 13.1 Å². The van der Waals surface area contributed by atoms with Gasteiger partial charge in [0.1, 0.15) is 6.07 Å². The van der Waals surface area contributed by atoms with Crippen LogP contribution in [-0.2, 0) is 4.74 Å². The van der Waals surface area contributed by atoms with Gasteiger partial charge in [-0.2, -0.15) is 5.26 Å². The van der Waals surface area contributed by atoms with E-state index in [9.17, 15) is 5.26 Å². The Morgan fingerprint density at radius 1 is 1.41 bits per heavy atom. The number of morpholine rings is 1. The van der Waals surface area contributed by atoms with E-state index in [2.05, 4.69) is 37.8 Å². The Balaban J connectivity index is 2.37. The predicted molar refractivity (Wildman–Crippen MR) is 68.1 cm³/mol. The number of ether oxygens (including phenoxy) is 1. The molecule has 0 N–H and O–H groups in total. The van der Waals surface area contributed by atoms with Crippen molar-refractivity contribution >= 4 is 5.69 Å². The van der Waals surface area contributed by atoms with E-state index in [0.29, 0.717) is 6.61 Å². The lowest BCUT2D eigenvalue weighted by atomic mass is 10.0. The molecule has 1 saturated heterocycles. The third kappa shape index (κ3) is 2.42. The number of para-hydroxylation sites is 1. The summed E-state index contributed by atoms with van der Waals surface area (Å²) in [5.74, 6) is 0. The first-order valence-corrected chi connectivity index (χ1v) is 5.92. The molecule has 0 radical (unpaired) electrons. The van der Waals surface area contributed by atoms with Gasteiger partial charge in [-0.05, 0) is 32.4 Å². The molecule has 2 rings (SSSR count). The lowest BCUT2D eigenvalue weighted by Crippen LogP contribution is -2.48. The summed E-state index contributed by atoms with van der Waals surface area (Å²) >= 11 is 0. The number of nitrogens with zero attached hydrogens (tertiary/aromatic N) is 2. The summed E-state index contributed by atoms with van der Waals surface area (Å²) in [7, 11) is 0. The van der Waals surface area contributed by atoms with Crippen molar-refractivity contribution in [3.05, 3.63) is 29.3 Å². The second-order valence-electron chi connectivity index (χ2n) is 5.11. The van der Waals surface area contributed by atoms with Crippen LogP contribution in [0.5, 0.6) is 0 Å². The number of nitriles is 1. The molecule has 1 heterocycles. The van der Waals surface area contributed by atoms with Crippen molar-refractivity contribution in [2.45, 2.75) is 26.4 Å². The Hall–Kier alpha value is -1.53. The summed E-state index contributed by atoms with van der Waals surface area (Å²) in [5.41, 5.74) is 2.82. The quantitative estimate of drug-likeness (QED) is 0.743. The summed E-state index contributed by atoms with van der Waals surface area (Å²) in [4.78, 5) is 2.26. The zero-order chi connectivity index (χ0) is 12.5. The van der Waals surface area contributed by atoms with Crippen LogP contribution in [0.2, 0.25) is 0 Å². The van der Waals surface area contributed by atoms with Gasteiger partial charge in [-0.3, -0.25) is 0 Å². The van der Waals surface area contributed by atoms with Crippen LogP contribution in [0.4, 0.5) is 5.69 Å². The molecular formula is C14H18N2O. The van der Waals surface area contributed by atoms with Gasteiger partial charge in [0.05, 0.1) is 23.5 Å². The zero-order valence-corrected chi connectivity index (χ0v) is 10.7. The van der Waals surface area contributed by atoms with Gasteiger partial charge >= 0.3 is 0 Å². The van der Waals surface area contributed by atoms with E-state index in [1.54, 1.807) is 0 Å². The molecule has 0 aromatic heterocycles. The SMILES string of the molecule is Cc1cccc(C#N)c1N1CCOC(C)(C)C1. The van der Waals surface area contributed by atoms with E-state index in [1.165, 1.54) is 0 Å². The molecule has 1 aliphatic rings. The van der Waals surface area contributed by atoms with Gasteiger partial charge in [0.25, 0.3) is 0 Å². The number of hydrogen-bond acceptors (Lipinski definition) is 3. The predicted octanol–water partition coefficient (Wildman–Crippen LogP) is 2.48. The molecule has 1 aliphatic heterocycles. The minimum atomic E-state index is -0.146. The highest BCUT2D eigenvalue weighted by Gasteiger charge is 2.28. The van der Waals surface area contributed by atoms with Gasteiger partial charge in [0.2, 0.25) is 0 Å². The first-order chi connectivity index (χ1) is 8.03. The van der Waals surface area contributed by atoms with Gasteiger partial charge in [-0.25, -0.2) is 0 Å². The zero-order valence-electron chi connectivity index (χ0n) is 10.7. The largest absolute Gasteiger partial charge is 0.372 e. The van der Waals surface area contributed by atoms with Gasteiger partial charge < -0.3 is 9.64 Å². The highest BCUT2D eigenvalue weighted by atomic mass is 16.5. The smallest absolute Gasteiger partial charge is 0.101 e. The highest BCUT2D eigenvalue weighted by Crippen LogP contribution is 2.28. The molecule has 1 aromatic rings. The molecule has 3 heteroatoms. The number of hydrogen-bond donors (Lipinski definition) is 0. The van der Waals surface area contributed by atoms with Gasteiger partial charge in [-0.1, -0.05) is 12.1 Å². The fourth-order valence-corrected chi connectivity index (χ4v) is 2.38. The Kier molecular flexibility index (Phi) is 3.08. The van der Waals surface area contributed by atoms with Crippen molar-refractivity contribution < 1.29 is 4.74 Å². The standard InChI is InChI=1S/C14H18N2O/c1-11-5-4-6-12(9-15)13(11)16-7-8-17-14(2,3)10-16/h4-6H,7-8,10H2,1-3H3. The fraction of sp³-hybridized carbons (Fsp3) is 0.500. The Morgan fingerprint density at radius 2 is 2.18 bits per heavy atom. The van der Waals surface area contributed by atoms with Crippen LogP contribution in [0.25, 0.3) is 0 Å². The normalized spacial score (nSPS) is 18.8. The topological polar surface area (TPSA) is 36.3 Å². The van der Waals surface area contributed by atoms with Crippen molar-refractivity contribution in [1.82, 2.24) is 0 Å². The molecule has 0 spiro atoms. The molecule has 90 valence electrons. The summed E-state index contributed by atoms with van der Waals surface area (Å²) in [6, 6.07) is 8.15. The highest BCUT2D eigenvalue weighted by molar-refractivity contribution is 5.64. The maximum Gasteiger partial charge on any atom is 0.101 e. The number of anilines is 1. The van der Waals surface area contributed by atoms with E-state index in [-0.39, 0.29) is 5.60 Å². The Labute approximate surface area is 103 Å². The lowest BCUT2D eigenvalue weighted by Gasteiger charge is -2.40. The van der Waals surface area contributed by atoms with Crippen LogP contribution in [0.1, 0.15) is 25.0 Å². The van der Waals surface area contributed by atoms with Crippen LogP contribution in [-0.4, -0.2) is 25.3 Å². The summed E-state index contributed by atoms with van der Waals surface area (Å²) in [6.45, 7) is 8.62. The van der Waals surface area contributed by atoms with Crippen molar-refractivity contribution in [3.63, 3.8) is 0 Å². The molecule has 0 unspecified atom stereocenters. The van der Waals surface area contributed by atoms with E-state index < -0.39 is 0 Å². The first kappa shape index (κ1) is 11.9. The minimum absolute atomic E-state index is 0.146. The molecule has 0 saturated carbocycles. The maximum atomic E-state index is 9.20. The van der Waals surface area contributed by atoms with E-state index in [0.717, 1.165) is 29.9 Å².